The van der Waals surface area contributed by atoms with Gasteiger partial charge in [-0.25, -0.2) is 13.4 Å². The average molecular weight is 462 g/mol. The Hall–Kier alpha value is -1.90. The minimum atomic E-state index is -3.50. The third kappa shape index (κ3) is 6.54. The first-order valence-electron chi connectivity index (χ1n) is 10.9. The number of pyridine rings is 1. The lowest BCUT2D eigenvalue weighted by atomic mass is 10.1. The molecule has 3 rings (SSSR count). The molecule has 0 saturated carbocycles. The van der Waals surface area contributed by atoms with Crippen LogP contribution in [0, 0.1) is 0 Å². The molecular formula is C23H31N3O3S2. The highest BCUT2D eigenvalue weighted by atomic mass is 32.2. The van der Waals surface area contributed by atoms with Gasteiger partial charge in [0.25, 0.3) is 0 Å². The molecule has 0 spiro atoms. The Morgan fingerprint density at radius 1 is 1.10 bits per heavy atom. The highest BCUT2D eigenvalue weighted by Crippen LogP contribution is 2.22. The van der Waals surface area contributed by atoms with E-state index < -0.39 is 10.0 Å². The topological polar surface area (TPSA) is 79.4 Å². The van der Waals surface area contributed by atoms with Crippen molar-refractivity contribution in [3.63, 3.8) is 0 Å². The van der Waals surface area contributed by atoms with Crippen LogP contribution in [0.5, 0.6) is 0 Å². The van der Waals surface area contributed by atoms with Crippen LogP contribution in [0.25, 0.3) is 0 Å². The average Bonchev–Trinajstić information content (AvgIpc) is 3.08. The second-order valence-electron chi connectivity index (χ2n) is 7.82. The van der Waals surface area contributed by atoms with Gasteiger partial charge in [-0.15, -0.1) is 0 Å². The monoisotopic (exact) mass is 461 g/mol. The Morgan fingerprint density at radius 3 is 2.35 bits per heavy atom. The maximum atomic E-state index is 12.8. The van der Waals surface area contributed by atoms with Gasteiger partial charge in [-0.2, -0.15) is 4.31 Å². The molecule has 1 aliphatic heterocycles. The minimum Gasteiger partial charge on any atom is -0.349 e. The van der Waals surface area contributed by atoms with E-state index in [2.05, 4.69) is 29.4 Å². The molecule has 1 unspecified atom stereocenters. The number of amides is 1. The lowest BCUT2D eigenvalue weighted by Crippen LogP contribution is -2.32. The number of carbonyl (C=O) groups is 1. The molecule has 1 amide bonds. The summed E-state index contributed by atoms with van der Waals surface area (Å²) in [7, 11) is -3.50. The zero-order valence-corrected chi connectivity index (χ0v) is 19.8. The minimum absolute atomic E-state index is 0.0758. The highest BCUT2D eigenvalue weighted by molar-refractivity contribution is 7.99. The number of aryl methyl sites for hydroxylation is 1. The predicted octanol–water partition coefficient (Wildman–Crippen LogP) is 4.18. The van der Waals surface area contributed by atoms with Gasteiger partial charge in [-0.3, -0.25) is 4.79 Å². The Morgan fingerprint density at radius 2 is 1.77 bits per heavy atom. The van der Waals surface area contributed by atoms with Crippen LogP contribution < -0.4 is 5.32 Å². The fourth-order valence-electron chi connectivity index (χ4n) is 3.58. The van der Waals surface area contributed by atoms with Gasteiger partial charge in [0.1, 0.15) is 4.90 Å². The molecule has 0 radical (unpaired) electrons. The van der Waals surface area contributed by atoms with Crippen LogP contribution in [0.3, 0.4) is 0 Å². The van der Waals surface area contributed by atoms with E-state index in [0.29, 0.717) is 18.1 Å². The Labute approximate surface area is 189 Å². The van der Waals surface area contributed by atoms with Crippen molar-refractivity contribution in [2.45, 2.75) is 61.9 Å². The number of nitrogens with one attached hydrogen (secondary N) is 1. The van der Waals surface area contributed by atoms with Gasteiger partial charge >= 0.3 is 0 Å². The fourth-order valence-corrected chi connectivity index (χ4v) is 5.70. The summed E-state index contributed by atoms with van der Waals surface area (Å²) in [5, 5.41) is 3.63. The molecule has 0 aliphatic carbocycles. The molecule has 1 aromatic carbocycles. The first kappa shape index (κ1) is 23.8. The van der Waals surface area contributed by atoms with Crippen LogP contribution in [-0.4, -0.2) is 42.5 Å². The first-order chi connectivity index (χ1) is 14.9. The maximum absolute atomic E-state index is 12.8. The van der Waals surface area contributed by atoms with E-state index >= 15 is 0 Å². The molecule has 1 saturated heterocycles. The SMILES string of the molecule is CCc1ccc(C(C)NC(=O)CSc2ccc(S(=O)(=O)N3CCCCCC3)cn2)cc1. The van der Waals surface area contributed by atoms with E-state index in [1.54, 1.807) is 16.4 Å². The number of sulfonamides is 1. The molecule has 6 nitrogen and oxygen atoms in total. The number of benzene rings is 1. The van der Waals surface area contributed by atoms with E-state index in [0.717, 1.165) is 37.7 Å². The molecule has 1 aromatic heterocycles. The van der Waals surface area contributed by atoms with E-state index in [1.165, 1.54) is 23.5 Å². The van der Waals surface area contributed by atoms with Gasteiger partial charge in [-0.05, 0) is 49.4 Å². The molecule has 168 valence electrons. The summed E-state index contributed by atoms with van der Waals surface area (Å²) in [5.41, 5.74) is 2.34. The summed E-state index contributed by atoms with van der Waals surface area (Å²) in [5.74, 6) is 0.142. The van der Waals surface area contributed by atoms with Gasteiger partial charge in [0.05, 0.1) is 16.8 Å². The van der Waals surface area contributed by atoms with E-state index in [1.807, 2.05) is 19.1 Å². The number of aromatic nitrogens is 1. The van der Waals surface area contributed by atoms with Gasteiger partial charge in [0.15, 0.2) is 0 Å². The van der Waals surface area contributed by atoms with Crippen molar-refractivity contribution in [2.75, 3.05) is 18.8 Å². The molecule has 2 aromatic rings. The fraction of sp³-hybridized carbons (Fsp3) is 0.478. The molecular weight excluding hydrogens is 430 g/mol. The Kier molecular flexibility index (Phi) is 8.51. The van der Waals surface area contributed by atoms with E-state index in [-0.39, 0.29) is 22.6 Å². The summed E-state index contributed by atoms with van der Waals surface area (Å²) in [4.78, 5) is 16.8. The van der Waals surface area contributed by atoms with Gasteiger partial charge in [0, 0.05) is 19.3 Å². The van der Waals surface area contributed by atoms with Crippen molar-refractivity contribution in [3.8, 4) is 0 Å². The Balaban J connectivity index is 1.52. The number of thioether (sulfide) groups is 1. The summed E-state index contributed by atoms with van der Waals surface area (Å²) >= 11 is 1.30. The number of rotatable bonds is 8. The molecule has 1 N–H and O–H groups in total. The molecule has 1 fully saturated rings. The number of carbonyl (C=O) groups excluding carboxylic acids is 1. The largest absolute Gasteiger partial charge is 0.349 e. The molecule has 1 aliphatic rings. The number of hydrogen-bond donors (Lipinski definition) is 1. The third-order valence-electron chi connectivity index (χ3n) is 5.53. The van der Waals surface area contributed by atoms with Gasteiger partial charge < -0.3 is 5.32 Å². The van der Waals surface area contributed by atoms with Crippen molar-refractivity contribution in [2.24, 2.45) is 0 Å². The lowest BCUT2D eigenvalue weighted by Gasteiger charge is -2.19. The number of hydrogen-bond acceptors (Lipinski definition) is 5. The van der Waals surface area contributed by atoms with Crippen molar-refractivity contribution in [1.29, 1.82) is 0 Å². The Bertz CT molecular complexity index is 953. The normalized spacial score (nSPS) is 16.5. The molecule has 0 bridgehead atoms. The third-order valence-corrected chi connectivity index (χ3v) is 8.35. The quantitative estimate of drug-likeness (QED) is 0.597. The smallest absolute Gasteiger partial charge is 0.244 e. The van der Waals surface area contributed by atoms with Crippen LogP contribution in [0.15, 0.2) is 52.5 Å². The van der Waals surface area contributed by atoms with Crippen LogP contribution in [0.4, 0.5) is 0 Å². The van der Waals surface area contributed by atoms with E-state index in [9.17, 15) is 13.2 Å². The summed E-state index contributed by atoms with van der Waals surface area (Å²) in [6, 6.07) is 11.4. The van der Waals surface area contributed by atoms with Gasteiger partial charge in [0.2, 0.25) is 15.9 Å². The summed E-state index contributed by atoms with van der Waals surface area (Å²) < 4.78 is 27.2. The molecule has 8 heteroatoms. The number of nitrogens with zero attached hydrogens (tertiary/aromatic N) is 2. The standard InChI is InChI=1S/C23H31N3O3S2/c1-3-19-8-10-20(11-9-19)18(2)25-22(27)17-30-23-13-12-21(16-24-23)31(28,29)26-14-6-4-5-7-15-26/h8-13,16,18H,3-7,14-15,17H2,1-2H3,(H,25,27). The zero-order valence-electron chi connectivity index (χ0n) is 18.2. The van der Waals surface area contributed by atoms with Crippen LogP contribution in [0.2, 0.25) is 0 Å². The summed E-state index contributed by atoms with van der Waals surface area (Å²) in [6.07, 6.45) is 6.34. The van der Waals surface area contributed by atoms with Crippen molar-refractivity contribution in [3.05, 3.63) is 53.7 Å². The van der Waals surface area contributed by atoms with Crippen molar-refractivity contribution < 1.29 is 13.2 Å². The van der Waals surface area contributed by atoms with Gasteiger partial charge in [-0.1, -0.05) is 55.8 Å². The second-order valence-corrected chi connectivity index (χ2v) is 10.8. The maximum Gasteiger partial charge on any atom is 0.244 e. The van der Waals surface area contributed by atoms with Crippen molar-refractivity contribution in [1.82, 2.24) is 14.6 Å². The van der Waals surface area contributed by atoms with Crippen LogP contribution in [-0.2, 0) is 21.2 Å². The van der Waals surface area contributed by atoms with Crippen LogP contribution in [0.1, 0.15) is 56.7 Å². The zero-order chi connectivity index (χ0) is 22.3. The lowest BCUT2D eigenvalue weighted by molar-refractivity contribution is -0.119. The van der Waals surface area contributed by atoms with Crippen LogP contribution >= 0.6 is 11.8 Å². The van der Waals surface area contributed by atoms with E-state index in [4.69, 9.17) is 0 Å². The summed E-state index contributed by atoms with van der Waals surface area (Å²) in [6.45, 7) is 5.21. The predicted molar refractivity (Wildman–Crippen MR) is 125 cm³/mol. The molecule has 31 heavy (non-hydrogen) atoms. The van der Waals surface area contributed by atoms with Crippen molar-refractivity contribution >= 4 is 27.7 Å². The second kappa shape index (κ2) is 11.1. The molecule has 1 atom stereocenters. The first-order valence-corrected chi connectivity index (χ1v) is 13.3. The highest BCUT2D eigenvalue weighted by Gasteiger charge is 2.25. The molecule has 2 heterocycles.